The summed E-state index contributed by atoms with van der Waals surface area (Å²) >= 11 is 0. The maximum absolute atomic E-state index is 12.6. The Hall–Kier alpha value is -3.22. The smallest absolute Gasteiger partial charge is 0.341 e. The minimum atomic E-state index is -1.08. The van der Waals surface area contributed by atoms with Gasteiger partial charge in [-0.05, 0) is 38.1 Å². The summed E-state index contributed by atoms with van der Waals surface area (Å²) in [6.07, 6.45) is 0.885. The van der Waals surface area contributed by atoms with Crippen molar-refractivity contribution >= 4 is 17.6 Å². The highest BCUT2D eigenvalue weighted by molar-refractivity contribution is 6.05. The van der Waals surface area contributed by atoms with Crippen LogP contribution >= 0.6 is 0 Å². The van der Waals surface area contributed by atoms with Gasteiger partial charge in [0.1, 0.15) is 23.4 Å². The fourth-order valence-corrected chi connectivity index (χ4v) is 2.88. The van der Waals surface area contributed by atoms with Crippen molar-refractivity contribution in [2.45, 2.75) is 26.4 Å². The Bertz CT molecular complexity index is 864. The quantitative estimate of drug-likeness (QED) is 0.777. The second kappa shape index (κ2) is 7.99. The first-order chi connectivity index (χ1) is 13.0. The van der Waals surface area contributed by atoms with Crippen molar-refractivity contribution in [3.63, 3.8) is 0 Å². The molecule has 7 heteroatoms. The second-order valence-electron chi connectivity index (χ2n) is 6.19. The molecule has 1 unspecified atom stereocenters. The number of aliphatic carboxylic acids is 1. The van der Waals surface area contributed by atoms with Gasteiger partial charge in [-0.2, -0.15) is 0 Å². The van der Waals surface area contributed by atoms with E-state index in [0.29, 0.717) is 29.4 Å². The molecule has 0 aliphatic carbocycles. The van der Waals surface area contributed by atoms with Crippen molar-refractivity contribution in [2.24, 2.45) is 0 Å². The summed E-state index contributed by atoms with van der Waals surface area (Å²) in [5.41, 5.74) is 1.91. The van der Waals surface area contributed by atoms with Crippen molar-refractivity contribution in [3.8, 4) is 17.2 Å². The van der Waals surface area contributed by atoms with Gasteiger partial charge in [-0.3, -0.25) is 4.79 Å². The van der Waals surface area contributed by atoms with E-state index in [1.54, 1.807) is 24.3 Å². The lowest BCUT2D eigenvalue weighted by molar-refractivity contribution is -0.139. The van der Waals surface area contributed by atoms with Crippen LogP contribution in [-0.2, 0) is 11.2 Å². The molecule has 142 valence electrons. The summed E-state index contributed by atoms with van der Waals surface area (Å²) in [7, 11) is 0. The van der Waals surface area contributed by atoms with Gasteiger partial charge in [-0.1, -0.05) is 6.07 Å². The lowest BCUT2D eigenvalue weighted by Crippen LogP contribution is -2.14. The fourth-order valence-electron chi connectivity index (χ4n) is 2.88. The fraction of sp³-hybridized carbons (Fsp3) is 0.300. The number of hydrogen-bond acceptors (Lipinski definition) is 5. The molecule has 3 rings (SSSR count). The summed E-state index contributed by atoms with van der Waals surface area (Å²) in [4.78, 5) is 23.3. The van der Waals surface area contributed by atoms with Crippen molar-refractivity contribution < 1.29 is 28.9 Å². The van der Waals surface area contributed by atoms with E-state index in [4.69, 9.17) is 19.3 Å². The zero-order valence-corrected chi connectivity index (χ0v) is 15.2. The van der Waals surface area contributed by atoms with E-state index in [1.165, 1.54) is 6.07 Å². The standard InChI is InChI=1S/C20H21NO6/c1-3-25-18-9-14-7-12(2)27-17(14)10-16(18)21-20(24)13-5-4-6-15(8-13)26-11-19(22)23/h4-6,8-10,12H,3,7,11H2,1-2H3,(H,21,24)(H,22,23). The number of nitrogens with one attached hydrogen (secondary N) is 1. The normalized spacial score (nSPS) is 14.8. The third-order valence-corrected chi connectivity index (χ3v) is 4.00. The summed E-state index contributed by atoms with van der Waals surface area (Å²) in [5.74, 6) is 0.183. The Morgan fingerprint density at radius 2 is 2.07 bits per heavy atom. The van der Waals surface area contributed by atoms with Crippen LogP contribution in [0.5, 0.6) is 17.2 Å². The number of rotatable bonds is 7. The van der Waals surface area contributed by atoms with Gasteiger partial charge >= 0.3 is 5.97 Å². The molecule has 0 fully saturated rings. The van der Waals surface area contributed by atoms with Crippen LogP contribution in [0.1, 0.15) is 29.8 Å². The monoisotopic (exact) mass is 371 g/mol. The second-order valence-corrected chi connectivity index (χ2v) is 6.19. The van der Waals surface area contributed by atoms with Crippen molar-refractivity contribution in [1.82, 2.24) is 0 Å². The number of carbonyl (C=O) groups is 2. The molecule has 0 aromatic heterocycles. The van der Waals surface area contributed by atoms with Gasteiger partial charge in [0.2, 0.25) is 0 Å². The molecule has 7 nitrogen and oxygen atoms in total. The van der Waals surface area contributed by atoms with Crippen LogP contribution in [0, 0.1) is 0 Å². The van der Waals surface area contributed by atoms with Gasteiger partial charge in [0.15, 0.2) is 6.61 Å². The van der Waals surface area contributed by atoms with Gasteiger partial charge in [-0.15, -0.1) is 0 Å². The molecular formula is C20H21NO6. The van der Waals surface area contributed by atoms with Gasteiger partial charge < -0.3 is 24.6 Å². The molecule has 2 aromatic carbocycles. The molecule has 1 heterocycles. The van der Waals surface area contributed by atoms with Crippen LogP contribution in [0.3, 0.4) is 0 Å². The molecule has 2 aromatic rings. The molecule has 0 saturated heterocycles. The topological polar surface area (TPSA) is 94.1 Å². The average molecular weight is 371 g/mol. The van der Waals surface area contributed by atoms with E-state index < -0.39 is 12.6 Å². The minimum absolute atomic E-state index is 0.0866. The molecule has 0 bridgehead atoms. The highest BCUT2D eigenvalue weighted by Gasteiger charge is 2.23. The summed E-state index contributed by atoms with van der Waals surface area (Å²) in [6.45, 7) is 3.86. The number of amides is 1. The predicted octanol–water partition coefficient (Wildman–Crippen LogP) is 3.12. The number of carbonyl (C=O) groups excluding carboxylic acids is 1. The van der Waals surface area contributed by atoms with Crippen molar-refractivity contribution in [3.05, 3.63) is 47.5 Å². The third-order valence-electron chi connectivity index (χ3n) is 4.00. The maximum atomic E-state index is 12.6. The van der Waals surface area contributed by atoms with E-state index >= 15 is 0 Å². The van der Waals surface area contributed by atoms with Crippen LogP contribution in [0.25, 0.3) is 0 Å². The minimum Gasteiger partial charge on any atom is -0.492 e. The van der Waals surface area contributed by atoms with Crippen molar-refractivity contribution in [2.75, 3.05) is 18.5 Å². The molecule has 27 heavy (non-hydrogen) atoms. The lowest BCUT2D eigenvalue weighted by Gasteiger charge is -2.14. The Balaban J connectivity index is 1.80. The molecule has 2 N–H and O–H groups in total. The first kappa shape index (κ1) is 18.6. The molecule has 1 aliphatic rings. The SMILES string of the molecule is CCOc1cc2c(cc1NC(=O)c1cccc(OCC(=O)O)c1)OC(C)C2. The summed E-state index contributed by atoms with van der Waals surface area (Å²) in [6, 6.07) is 10.00. The number of carboxylic acid groups (broad SMARTS) is 1. The number of anilines is 1. The van der Waals surface area contributed by atoms with Crippen LogP contribution in [-0.4, -0.2) is 36.3 Å². The highest BCUT2D eigenvalue weighted by atomic mass is 16.5. The zero-order valence-electron chi connectivity index (χ0n) is 15.2. The van der Waals surface area contributed by atoms with Gasteiger partial charge in [0, 0.05) is 23.6 Å². The van der Waals surface area contributed by atoms with E-state index in [-0.39, 0.29) is 12.0 Å². The third kappa shape index (κ3) is 4.49. The Morgan fingerprint density at radius 1 is 1.26 bits per heavy atom. The first-order valence-corrected chi connectivity index (χ1v) is 8.68. The number of ether oxygens (including phenoxy) is 3. The Morgan fingerprint density at radius 3 is 2.81 bits per heavy atom. The molecule has 0 saturated carbocycles. The number of fused-ring (bicyclic) bond motifs is 1. The van der Waals surface area contributed by atoms with Crippen LogP contribution in [0.2, 0.25) is 0 Å². The first-order valence-electron chi connectivity index (χ1n) is 8.68. The van der Waals surface area contributed by atoms with Crippen LogP contribution < -0.4 is 19.5 Å². The van der Waals surface area contributed by atoms with E-state index in [2.05, 4.69) is 5.32 Å². The van der Waals surface area contributed by atoms with E-state index in [0.717, 1.165) is 17.7 Å². The Kier molecular flexibility index (Phi) is 5.49. The lowest BCUT2D eigenvalue weighted by atomic mass is 10.1. The van der Waals surface area contributed by atoms with Gasteiger partial charge in [0.05, 0.1) is 12.3 Å². The van der Waals surface area contributed by atoms with Gasteiger partial charge in [0.25, 0.3) is 5.91 Å². The Labute approximate surface area is 156 Å². The summed E-state index contributed by atoms with van der Waals surface area (Å²) in [5, 5.41) is 11.5. The van der Waals surface area contributed by atoms with E-state index in [9.17, 15) is 9.59 Å². The zero-order chi connectivity index (χ0) is 19.4. The largest absolute Gasteiger partial charge is 0.492 e. The number of carboxylic acids is 1. The van der Waals surface area contributed by atoms with Crippen LogP contribution in [0.4, 0.5) is 5.69 Å². The van der Waals surface area contributed by atoms with Gasteiger partial charge in [-0.25, -0.2) is 4.79 Å². The molecular weight excluding hydrogens is 350 g/mol. The van der Waals surface area contributed by atoms with E-state index in [1.807, 2.05) is 19.9 Å². The number of benzene rings is 2. The predicted molar refractivity (Wildman–Crippen MR) is 98.9 cm³/mol. The maximum Gasteiger partial charge on any atom is 0.341 e. The average Bonchev–Trinajstić information content (AvgIpc) is 2.99. The molecule has 1 amide bonds. The van der Waals surface area contributed by atoms with Crippen LogP contribution in [0.15, 0.2) is 36.4 Å². The molecule has 1 atom stereocenters. The number of hydrogen-bond donors (Lipinski definition) is 2. The molecule has 1 aliphatic heterocycles. The highest BCUT2D eigenvalue weighted by Crippen LogP contribution is 2.38. The molecule has 0 spiro atoms. The molecule has 0 radical (unpaired) electrons. The van der Waals surface area contributed by atoms with Crippen molar-refractivity contribution in [1.29, 1.82) is 0 Å². The summed E-state index contributed by atoms with van der Waals surface area (Å²) < 4.78 is 16.5.